The zero-order valence-corrected chi connectivity index (χ0v) is 11.6. The number of carboxylic acid groups (broad SMARTS) is 1. The molecule has 0 saturated heterocycles. The number of rotatable bonds is 3. The third-order valence-corrected chi connectivity index (χ3v) is 4.04. The van der Waals surface area contributed by atoms with E-state index in [-0.39, 0.29) is 5.56 Å². The summed E-state index contributed by atoms with van der Waals surface area (Å²) in [5, 5.41) is 17.7. The minimum atomic E-state index is -0.961. The number of aromatic carboxylic acids is 1. The lowest BCUT2D eigenvalue weighted by Gasteiger charge is -2.16. The number of nitrogens with one attached hydrogen (secondary N) is 1. The van der Waals surface area contributed by atoms with Gasteiger partial charge in [0.05, 0.1) is 17.3 Å². The molecule has 0 bridgehead atoms. The van der Waals surface area contributed by atoms with Gasteiger partial charge in [-0.25, -0.2) is 9.78 Å². The smallest absolute Gasteiger partial charge is 0.339 e. The monoisotopic (exact) mass is 274 g/mol. The molecule has 1 fully saturated rings. The van der Waals surface area contributed by atoms with Gasteiger partial charge in [0.15, 0.2) is 5.65 Å². The third kappa shape index (κ3) is 2.11. The summed E-state index contributed by atoms with van der Waals surface area (Å²) in [5.74, 6) is -0.274. The summed E-state index contributed by atoms with van der Waals surface area (Å²) in [7, 11) is 1.80. The predicted molar refractivity (Wildman–Crippen MR) is 75.9 cm³/mol. The topological polar surface area (TPSA) is 80.0 Å². The first-order valence-electron chi connectivity index (χ1n) is 6.86. The Kier molecular flexibility index (Phi) is 3.08. The van der Waals surface area contributed by atoms with E-state index in [0.29, 0.717) is 23.3 Å². The quantitative estimate of drug-likeness (QED) is 0.897. The Balaban J connectivity index is 2.05. The molecular formula is C14H18N4O2. The average molecular weight is 274 g/mol. The molecule has 2 aromatic heterocycles. The molecule has 0 spiro atoms. The molecule has 1 saturated carbocycles. The summed E-state index contributed by atoms with van der Waals surface area (Å²) in [6.45, 7) is 2.23. The first kappa shape index (κ1) is 12.9. The highest BCUT2D eigenvalue weighted by Crippen LogP contribution is 2.32. The van der Waals surface area contributed by atoms with Crippen LogP contribution in [-0.4, -0.2) is 31.9 Å². The molecule has 2 atom stereocenters. The molecule has 3 rings (SSSR count). The van der Waals surface area contributed by atoms with Crippen LogP contribution in [0.5, 0.6) is 0 Å². The molecule has 0 radical (unpaired) electrons. The molecule has 1 aliphatic carbocycles. The van der Waals surface area contributed by atoms with Crippen molar-refractivity contribution in [2.75, 3.05) is 5.32 Å². The third-order valence-electron chi connectivity index (χ3n) is 4.04. The Bertz CT molecular complexity index is 664. The van der Waals surface area contributed by atoms with Crippen LogP contribution >= 0.6 is 0 Å². The Hall–Kier alpha value is -2.11. The molecule has 6 heteroatoms. The molecule has 106 valence electrons. The van der Waals surface area contributed by atoms with Crippen LogP contribution in [0.2, 0.25) is 0 Å². The van der Waals surface area contributed by atoms with Crippen molar-refractivity contribution < 1.29 is 9.90 Å². The van der Waals surface area contributed by atoms with Crippen molar-refractivity contribution in [1.29, 1.82) is 0 Å². The number of nitrogens with zero attached hydrogens (tertiary/aromatic N) is 3. The summed E-state index contributed by atoms with van der Waals surface area (Å²) >= 11 is 0. The lowest BCUT2D eigenvalue weighted by molar-refractivity contribution is 0.0697. The maximum absolute atomic E-state index is 11.4. The zero-order chi connectivity index (χ0) is 14.3. The summed E-state index contributed by atoms with van der Waals surface area (Å²) in [6, 6.07) is 0.328. The van der Waals surface area contributed by atoms with Crippen LogP contribution in [0.3, 0.4) is 0 Å². The minimum Gasteiger partial charge on any atom is -0.478 e. The number of aromatic nitrogens is 3. The number of carboxylic acids is 1. The fraction of sp³-hybridized carbons (Fsp3) is 0.500. The minimum absolute atomic E-state index is 0.213. The van der Waals surface area contributed by atoms with Crippen LogP contribution in [0.4, 0.5) is 5.69 Å². The van der Waals surface area contributed by atoms with Gasteiger partial charge < -0.3 is 10.4 Å². The highest BCUT2D eigenvalue weighted by atomic mass is 16.4. The molecule has 0 aliphatic heterocycles. The summed E-state index contributed by atoms with van der Waals surface area (Å²) in [4.78, 5) is 15.6. The lowest BCUT2D eigenvalue weighted by Crippen LogP contribution is -2.18. The Labute approximate surface area is 116 Å². The molecule has 20 heavy (non-hydrogen) atoms. The van der Waals surface area contributed by atoms with E-state index in [1.165, 1.54) is 12.6 Å². The van der Waals surface area contributed by atoms with Gasteiger partial charge in [-0.2, -0.15) is 5.10 Å². The Morgan fingerprint density at radius 1 is 1.45 bits per heavy atom. The summed E-state index contributed by atoms with van der Waals surface area (Å²) in [6.07, 6.45) is 6.41. The van der Waals surface area contributed by atoms with E-state index in [4.69, 9.17) is 0 Å². The number of anilines is 1. The van der Waals surface area contributed by atoms with E-state index in [0.717, 1.165) is 18.2 Å². The van der Waals surface area contributed by atoms with Gasteiger partial charge in [-0.3, -0.25) is 4.68 Å². The summed E-state index contributed by atoms with van der Waals surface area (Å²) in [5.41, 5.74) is 1.56. The van der Waals surface area contributed by atoms with Crippen molar-refractivity contribution in [3.05, 3.63) is 18.0 Å². The van der Waals surface area contributed by atoms with Gasteiger partial charge in [0.25, 0.3) is 0 Å². The van der Waals surface area contributed by atoms with Crippen LogP contribution in [-0.2, 0) is 7.05 Å². The second kappa shape index (κ2) is 4.77. The van der Waals surface area contributed by atoms with Gasteiger partial charge in [0.1, 0.15) is 5.56 Å². The molecular weight excluding hydrogens is 256 g/mol. The van der Waals surface area contributed by atoms with E-state index < -0.39 is 5.97 Å². The number of hydrogen-bond donors (Lipinski definition) is 2. The van der Waals surface area contributed by atoms with Crippen LogP contribution in [0.15, 0.2) is 12.4 Å². The van der Waals surface area contributed by atoms with E-state index >= 15 is 0 Å². The van der Waals surface area contributed by atoms with Gasteiger partial charge in [0, 0.05) is 19.3 Å². The maximum atomic E-state index is 11.4. The van der Waals surface area contributed by atoms with E-state index in [2.05, 4.69) is 22.3 Å². The van der Waals surface area contributed by atoms with Gasteiger partial charge in [0.2, 0.25) is 0 Å². The maximum Gasteiger partial charge on any atom is 0.339 e. The van der Waals surface area contributed by atoms with E-state index in [1.54, 1.807) is 17.9 Å². The van der Waals surface area contributed by atoms with Crippen molar-refractivity contribution in [2.45, 2.75) is 32.2 Å². The van der Waals surface area contributed by atoms with Crippen molar-refractivity contribution in [1.82, 2.24) is 14.8 Å². The first-order chi connectivity index (χ1) is 9.56. The fourth-order valence-corrected chi connectivity index (χ4v) is 2.96. The number of carbonyl (C=O) groups is 1. The van der Waals surface area contributed by atoms with Gasteiger partial charge in [-0.05, 0) is 25.2 Å². The molecule has 0 aromatic carbocycles. The number of fused-ring (bicyclic) bond motifs is 1. The Morgan fingerprint density at radius 2 is 2.25 bits per heavy atom. The standard InChI is InChI=1S/C14H18N4O2/c1-8-3-4-9(5-8)17-12-10-7-16-18(2)13(10)15-6-11(12)14(19)20/h6-9H,3-5H2,1-2H3,(H,15,17)(H,19,20). The number of pyridine rings is 1. The largest absolute Gasteiger partial charge is 0.478 e. The van der Waals surface area contributed by atoms with Crippen LogP contribution in [0.1, 0.15) is 36.5 Å². The van der Waals surface area contributed by atoms with Gasteiger partial charge in [-0.1, -0.05) is 6.92 Å². The molecule has 2 aromatic rings. The summed E-state index contributed by atoms with van der Waals surface area (Å²) < 4.78 is 1.66. The van der Waals surface area contributed by atoms with Crippen molar-refractivity contribution in [3.63, 3.8) is 0 Å². The van der Waals surface area contributed by atoms with Gasteiger partial charge in [-0.15, -0.1) is 0 Å². The molecule has 2 heterocycles. The fourth-order valence-electron chi connectivity index (χ4n) is 2.96. The van der Waals surface area contributed by atoms with E-state index in [1.807, 2.05) is 0 Å². The Morgan fingerprint density at radius 3 is 2.90 bits per heavy atom. The second-order valence-corrected chi connectivity index (χ2v) is 5.62. The van der Waals surface area contributed by atoms with Crippen LogP contribution in [0, 0.1) is 5.92 Å². The molecule has 2 unspecified atom stereocenters. The molecule has 2 N–H and O–H groups in total. The second-order valence-electron chi connectivity index (χ2n) is 5.62. The normalized spacial score (nSPS) is 22.3. The van der Waals surface area contributed by atoms with E-state index in [9.17, 15) is 9.90 Å². The lowest BCUT2D eigenvalue weighted by atomic mass is 10.1. The number of hydrogen-bond acceptors (Lipinski definition) is 4. The molecule has 6 nitrogen and oxygen atoms in total. The number of aryl methyl sites for hydroxylation is 1. The highest BCUT2D eigenvalue weighted by molar-refractivity contribution is 6.03. The van der Waals surface area contributed by atoms with Crippen LogP contribution in [0.25, 0.3) is 11.0 Å². The highest BCUT2D eigenvalue weighted by Gasteiger charge is 2.24. The van der Waals surface area contributed by atoms with Crippen molar-refractivity contribution in [3.8, 4) is 0 Å². The molecule has 0 amide bonds. The SMILES string of the molecule is CC1CCC(Nc2c(C(=O)O)cnc3c2cnn3C)C1. The average Bonchev–Trinajstić information content (AvgIpc) is 2.97. The van der Waals surface area contributed by atoms with Crippen molar-refractivity contribution >= 4 is 22.7 Å². The first-order valence-corrected chi connectivity index (χ1v) is 6.86. The predicted octanol–water partition coefficient (Wildman–Crippen LogP) is 2.27. The van der Waals surface area contributed by atoms with Crippen molar-refractivity contribution in [2.24, 2.45) is 13.0 Å². The van der Waals surface area contributed by atoms with Crippen LogP contribution < -0.4 is 5.32 Å². The van der Waals surface area contributed by atoms with Gasteiger partial charge >= 0.3 is 5.97 Å². The molecule has 1 aliphatic rings. The zero-order valence-electron chi connectivity index (χ0n) is 11.6.